The minimum absolute atomic E-state index is 0.0354. The molecule has 0 aliphatic carbocycles. The molecule has 0 radical (unpaired) electrons. The molecule has 0 atom stereocenters. The van der Waals surface area contributed by atoms with Gasteiger partial charge in [-0.1, -0.05) is 29.8 Å². The average molecular weight is 388 g/mol. The molecule has 27 heavy (non-hydrogen) atoms. The number of hydrogen-bond acceptors (Lipinski definition) is 4. The maximum atomic E-state index is 12.4. The zero-order valence-corrected chi connectivity index (χ0v) is 16.6. The smallest absolute Gasteiger partial charge is 0.238 e. The summed E-state index contributed by atoms with van der Waals surface area (Å²) in [5, 5.41) is 3.63. The second-order valence-electron chi connectivity index (χ2n) is 6.91. The number of halogens is 1. The molecular formula is C21H26ClN3O2. The van der Waals surface area contributed by atoms with Gasteiger partial charge >= 0.3 is 0 Å². The number of amides is 1. The zero-order chi connectivity index (χ0) is 19.2. The second kappa shape index (κ2) is 9.22. The lowest BCUT2D eigenvalue weighted by Gasteiger charge is -2.31. The third-order valence-electron chi connectivity index (χ3n) is 4.66. The Kier molecular flexibility index (Phi) is 6.72. The Bertz CT molecular complexity index is 791. The summed E-state index contributed by atoms with van der Waals surface area (Å²) in [5.41, 5.74) is 4.20. The van der Waals surface area contributed by atoms with Gasteiger partial charge in [-0.2, -0.15) is 0 Å². The Labute approximate surface area is 165 Å². The molecular weight excluding hydrogens is 362 g/mol. The number of likely N-dealkylation sites (N-methyl/N-ethyl adjacent to an activating group) is 1. The van der Waals surface area contributed by atoms with Crippen molar-refractivity contribution in [3.63, 3.8) is 0 Å². The highest BCUT2D eigenvalue weighted by molar-refractivity contribution is 6.30. The van der Waals surface area contributed by atoms with Crippen molar-refractivity contribution >= 4 is 28.9 Å². The van der Waals surface area contributed by atoms with E-state index in [1.807, 2.05) is 37.1 Å². The van der Waals surface area contributed by atoms with Gasteiger partial charge in [0.05, 0.1) is 19.8 Å². The Morgan fingerprint density at radius 2 is 1.96 bits per heavy atom. The molecule has 0 saturated carbocycles. The molecule has 1 aliphatic heterocycles. The summed E-state index contributed by atoms with van der Waals surface area (Å²) in [6.07, 6.45) is 0. The van der Waals surface area contributed by atoms with Crippen molar-refractivity contribution < 1.29 is 9.53 Å². The highest BCUT2D eigenvalue weighted by Crippen LogP contribution is 2.23. The molecule has 1 fully saturated rings. The lowest BCUT2D eigenvalue weighted by atomic mass is 10.1. The SMILES string of the molecule is Cc1cc(Cl)ccc1NC(=O)CN(C)Cc1ccccc1N1CCOCC1. The van der Waals surface area contributed by atoms with Crippen molar-refractivity contribution in [3.8, 4) is 0 Å². The maximum absolute atomic E-state index is 12.4. The number of carbonyl (C=O) groups excluding carboxylic acids is 1. The zero-order valence-electron chi connectivity index (χ0n) is 15.9. The van der Waals surface area contributed by atoms with Crippen LogP contribution in [0, 0.1) is 6.92 Å². The maximum Gasteiger partial charge on any atom is 0.238 e. The van der Waals surface area contributed by atoms with Crippen molar-refractivity contribution in [2.75, 3.05) is 50.1 Å². The summed E-state index contributed by atoms with van der Waals surface area (Å²) in [6, 6.07) is 13.8. The number of ether oxygens (including phenoxy) is 1. The molecule has 1 aliphatic rings. The number of rotatable bonds is 6. The molecule has 0 bridgehead atoms. The summed E-state index contributed by atoms with van der Waals surface area (Å²) in [7, 11) is 1.96. The Morgan fingerprint density at radius 1 is 1.22 bits per heavy atom. The molecule has 3 rings (SSSR count). The lowest BCUT2D eigenvalue weighted by Crippen LogP contribution is -2.37. The molecule has 6 heteroatoms. The average Bonchev–Trinajstić information content (AvgIpc) is 2.65. The van der Waals surface area contributed by atoms with Crippen LogP contribution >= 0.6 is 11.6 Å². The first-order valence-electron chi connectivity index (χ1n) is 9.18. The second-order valence-corrected chi connectivity index (χ2v) is 7.34. The van der Waals surface area contributed by atoms with Gasteiger partial charge in [-0.05, 0) is 49.4 Å². The van der Waals surface area contributed by atoms with E-state index in [2.05, 4.69) is 28.4 Å². The van der Waals surface area contributed by atoms with E-state index in [0.29, 0.717) is 18.1 Å². The molecule has 1 N–H and O–H groups in total. The largest absolute Gasteiger partial charge is 0.378 e. The van der Waals surface area contributed by atoms with E-state index in [0.717, 1.165) is 37.6 Å². The van der Waals surface area contributed by atoms with Gasteiger partial charge in [0, 0.05) is 36.0 Å². The van der Waals surface area contributed by atoms with E-state index in [-0.39, 0.29) is 5.91 Å². The van der Waals surface area contributed by atoms with Gasteiger partial charge in [-0.3, -0.25) is 9.69 Å². The Hall–Kier alpha value is -2.08. The van der Waals surface area contributed by atoms with Gasteiger partial charge in [0.1, 0.15) is 0 Å². The number of aryl methyl sites for hydroxylation is 1. The van der Waals surface area contributed by atoms with Crippen LogP contribution in [0.25, 0.3) is 0 Å². The van der Waals surface area contributed by atoms with Gasteiger partial charge in [0.2, 0.25) is 5.91 Å². The Morgan fingerprint density at radius 3 is 2.70 bits per heavy atom. The molecule has 1 heterocycles. The fourth-order valence-corrected chi connectivity index (χ4v) is 3.53. The first-order chi connectivity index (χ1) is 13.0. The minimum atomic E-state index is -0.0354. The van der Waals surface area contributed by atoms with E-state index < -0.39 is 0 Å². The number of hydrogen-bond donors (Lipinski definition) is 1. The third kappa shape index (κ3) is 5.45. The van der Waals surface area contributed by atoms with Crippen LogP contribution in [0.2, 0.25) is 5.02 Å². The van der Waals surface area contributed by atoms with Crippen molar-refractivity contribution in [3.05, 3.63) is 58.6 Å². The monoisotopic (exact) mass is 387 g/mol. The summed E-state index contributed by atoms with van der Waals surface area (Å²) in [5.74, 6) is -0.0354. The Balaban J connectivity index is 1.60. The quantitative estimate of drug-likeness (QED) is 0.823. The first kappa shape index (κ1) is 19.7. The van der Waals surface area contributed by atoms with Crippen LogP contribution in [0.15, 0.2) is 42.5 Å². The number of carbonyl (C=O) groups is 1. The topological polar surface area (TPSA) is 44.8 Å². The highest BCUT2D eigenvalue weighted by atomic mass is 35.5. The molecule has 2 aromatic rings. The third-order valence-corrected chi connectivity index (χ3v) is 4.89. The van der Waals surface area contributed by atoms with E-state index in [9.17, 15) is 4.79 Å². The van der Waals surface area contributed by atoms with Crippen LogP contribution in [0.5, 0.6) is 0 Å². The van der Waals surface area contributed by atoms with E-state index in [4.69, 9.17) is 16.3 Å². The van der Waals surface area contributed by atoms with Gasteiger partial charge < -0.3 is 15.0 Å². The fraction of sp³-hybridized carbons (Fsp3) is 0.381. The molecule has 0 unspecified atom stereocenters. The van der Waals surface area contributed by atoms with Crippen molar-refractivity contribution in [2.24, 2.45) is 0 Å². The predicted molar refractivity (Wildman–Crippen MR) is 111 cm³/mol. The number of morpholine rings is 1. The van der Waals surface area contributed by atoms with Crippen LogP contribution in [-0.4, -0.2) is 50.7 Å². The van der Waals surface area contributed by atoms with E-state index in [1.165, 1.54) is 11.3 Å². The predicted octanol–water partition coefficient (Wildman–Crippen LogP) is 3.56. The summed E-state index contributed by atoms with van der Waals surface area (Å²) < 4.78 is 5.46. The van der Waals surface area contributed by atoms with Crippen LogP contribution in [-0.2, 0) is 16.1 Å². The molecule has 144 valence electrons. The number of anilines is 2. The fourth-order valence-electron chi connectivity index (χ4n) is 3.31. The summed E-state index contributed by atoms with van der Waals surface area (Å²) in [4.78, 5) is 16.8. The molecule has 1 amide bonds. The van der Waals surface area contributed by atoms with Gasteiger partial charge in [0.15, 0.2) is 0 Å². The van der Waals surface area contributed by atoms with E-state index >= 15 is 0 Å². The van der Waals surface area contributed by atoms with Crippen molar-refractivity contribution in [1.82, 2.24) is 4.90 Å². The van der Waals surface area contributed by atoms with Crippen molar-refractivity contribution in [1.29, 1.82) is 0 Å². The molecule has 0 aromatic heterocycles. The van der Waals surface area contributed by atoms with Crippen molar-refractivity contribution in [2.45, 2.75) is 13.5 Å². The molecule has 2 aromatic carbocycles. The number of nitrogens with one attached hydrogen (secondary N) is 1. The van der Waals surface area contributed by atoms with Gasteiger partial charge in [-0.25, -0.2) is 0 Å². The molecule has 5 nitrogen and oxygen atoms in total. The van der Waals surface area contributed by atoms with Gasteiger partial charge in [-0.15, -0.1) is 0 Å². The number of nitrogens with zero attached hydrogens (tertiary/aromatic N) is 2. The minimum Gasteiger partial charge on any atom is -0.378 e. The van der Waals surface area contributed by atoms with E-state index in [1.54, 1.807) is 6.07 Å². The van der Waals surface area contributed by atoms with Gasteiger partial charge in [0.25, 0.3) is 0 Å². The van der Waals surface area contributed by atoms with Crippen LogP contribution in [0.3, 0.4) is 0 Å². The molecule has 0 spiro atoms. The normalized spacial score (nSPS) is 14.4. The number of para-hydroxylation sites is 1. The molecule has 1 saturated heterocycles. The standard InChI is InChI=1S/C21H26ClN3O2/c1-16-13-18(22)7-8-19(16)23-21(26)15-24(2)14-17-5-3-4-6-20(17)25-9-11-27-12-10-25/h3-8,13H,9-12,14-15H2,1-2H3,(H,23,26). The summed E-state index contributed by atoms with van der Waals surface area (Å²) >= 11 is 5.97. The van der Waals surface area contributed by atoms with Crippen LogP contribution < -0.4 is 10.2 Å². The summed E-state index contributed by atoms with van der Waals surface area (Å²) in [6.45, 7) is 6.28. The van der Waals surface area contributed by atoms with Crippen LogP contribution in [0.4, 0.5) is 11.4 Å². The van der Waals surface area contributed by atoms with Crippen LogP contribution in [0.1, 0.15) is 11.1 Å². The lowest BCUT2D eigenvalue weighted by molar-refractivity contribution is -0.117. The number of benzene rings is 2. The first-order valence-corrected chi connectivity index (χ1v) is 9.56. The highest BCUT2D eigenvalue weighted by Gasteiger charge is 2.16.